The topological polar surface area (TPSA) is 113 Å². The van der Waals surface area contributed by atoms with Crippen LogP contribution >= 0.6 is 0 Å². The van der Waals surface area contributed by atoms with Crippen molar-refractivity contribution in [2.75, 3.05) is 6.61 Å². The summed E-state index contributed by atoms with van der Waals surface area (Å²) < 4.78 is 7.15. The molecule has 1 heterocycles. The number of urea groups is 1. The summed E-state index contributed by atoms with van der Waals surface area (Å²) in [5.41, 5.74) is 2.36. The van der Waals surface area contributed by atoms with Crippen molar-refractivity contribution in [2.24, 2.45) is 17.8 Å². The molecule has 4 fully saturated rings. The Kier molecular flexibility index (Phi) is 6.83. The van der Waals surface area contributed by atoms with Gasteiger partial charge < -0.3 is 14.6 Å². The van der Waals surface area contributed by atoms with E-state index in [1.54, 1.807) is 0 Å². The van der Waals surface area contributed by atoms with Gasteiger partial charge in [-0.3, -0.25) is 10.1 Å². The lowest BCUT2D eigenvalue weighted by molar-refractivity contribution is -0.144. The standard InChI is InChI=1S/C26H34N4O4/c1-4-5-30-16(2)6-21(17(30)3)10-22(14-27)24(32)34-15-23(31)28-25(33)29-26-11-18-7-19(12-26)9-20(8-18)13-26/h6,10,18-20H,4-5,7-9,11-13,15H2,1-3H3,(H2,28,29,31,33)/b22-10+. The summed E-state index contributed by atoms with van der Waals surface area (Å²) in [6.07, 6.45) is 9.16. The zero-order chi connectivity index (χ0) is 24.5. The van der Waals surface area contributed by atoms with E-state index in [4.69, 9.17) is 4.74 Å². The number of esters is 1. The second-order valence-electron chi connectivity index (χ2n) is 10.4. The number of nitrogens with zero attached hydrogens (tertiary/aromatic N) is 2. The third-order valence-corrected chi connectivity index (χ3v) is 7.70. The Bertz CT molecular complexity index is 1030. The van der Waals surface area contributed by atoms with E-state index in [1.807, 2.05) is 26.0 Å². The monoisotopic (exact) mass is 466 g/mol. The summed E-state index contributed by atoms with van der Waals surface area (Å²) in [5, 5.41) is 14.8. The Labute approximate surface area is 200 Å². The molecule has 1 aromatic rings. The fourth-order valence-corrected chi connectivity index (χ4v) is 6.74. The van der Waals surface area contributed by atoms with Crippen LogP contribution in [0.1, 0.15) is 68.8 Å². The Morgan fingerprint density at radius 1 is 1.18 bits per heavy atom. The maximum atomic E-state index is 12.5. The summed E-state index contributed by atoms with van der Waals surface area (Å²) in [7, 11) is 0. The fraction of sp³-hybridized carbons (Fsp3) is 0.615. The van der Waals surface area contributed by atoms with Crippen LogP contribution in [0.5, 0.6) is 0 Å². The van der Waals surface area contributed by atoms with Crippen molar-refractivity contribution in [3.05, 3.63) is 28.6 Å². The van der Waals surface area contributed by atoms with Gasteiger partial charge in [-0.05, 0) is 94.3 Å². The number of amides is 3. The van der Waals surface area contributed by atoms with Crippen molar-refractivity contribution in [1.29, 1.82) is 5.26 Å². The Hall–Kier alpha value is -3.08. The van der Waals surface area contributed by atoms with E-state index >= 15 is 0 Å². The maximum absolute atomic E-state index is 12.5. The molecular formula is C26H34N4O4. The highest BCUT2D eigenvalue weighted by atomic mass is 16.5. The highest BCUT2D eigenvalue weighted by molar-refractivity contribution is 6.00. The van der Waals surface area contributed by atoms with Crippen LogP contribution in [0.2, 0.25) is 0 Å². The molecular weight excluding hydrogens is 432 g/mol. The molecule has 1 aromatic heterocycles. The molecule has 0 unspecified atom stereocenters. The molecule has 4 saturated carbocycles. The third-order valence-electron chi connectivity index (χ3n) is 7.70. The summed E-state index contributed by atoms with van der Waals surface area (Å²) in [5.74, 6) is 0.413. The molecule has 3 amide bonds. The van der Waals surface area contributed by atoms with Gasteiger partial charge in [-0.25, -0.2) is 9.59 Å². The molecule has 5 rings (SSSR count). The lowest BCUT2D eigenvalue weighted by Crippen LogP contribution is -2.62. The number of aromatic nitrogens is 1. The largest absolute Gasteiger partial charge is 0.451 e. The van der Waals surface area contributed by atoms with Gasteiger partial charge in [0.15, 0.2) is 6.61 Å². The molecule has 0 spiro atoms. The van der Waals surface area contributed by atoms with E-state index in [1.165, 1.54) is 25.3 Å². The first-order chi connectivity index (χ1) is 16.2. The molecule has 182 valence electrons. The number of ether oxygens (including phenoxy) is 1. The molecule has 4 aliphatic rings. The van der Waals surface area contributed by atoms with Crippen LogP contribution in [0, 0.1) is 42.9 Å². The molecule has 0 aromatic carbocycles. The molecule has 0 atom stereocenters. The summed E-state index contributed by atoms with van der Waals surface area (Å²) in [6.45, 7) is 6.22. The number of nitriles is 1. The van der Waals surface area contributed by atoms with Crippen molar-refractivity contribution in [3.8, 4) is 6.07 Å². The first-order valence-corrected chi connectivity index (χ1v) is 12.3. The third kappa shape index (κ3) is 5.03. The van der Waals surface area contributed by atoms with Crippen LogP contribution in [0.25, 0.3) is 6.08 Å². The van der Waals surface area contributed by atoms with Gasteiger partial charge >= 0.3 is 12.0 Å². The second-order valence-corrected chi connectivity index (χ2v) is 10.4. The second kappa shape index (κ2) is 9.65. The first-order valence-electron chi connectivity index (χ1n) is 12.3. The predicted octanol–water partition coefficient (Wildman–Crippen LogP) is 3.76. The van der Waals surface area contributed by atoms with Crippen LogP contribution in [0.4, 0.5) is 4.79 Å². The van der Waals surface area contributed by atoms with E-state index in [0.717, 1.165) is 49.2 Å². The van der Waals surface area contributed by atoms with E-state index in [-0.39, 0.29) is 11.1 Å². The average Bonchev–Trinajstić information content (AvgIpc) is 3.02. The van der Waals surface area contributed by atoms with Crippen molar-refractivity contribution in [2.45, 2.75) is 77.8 Å². The highest BCUT2D eigenvalue weighted by Gasteiger charge is 2.51. The van der Waals surface area contributed by atoms with Gasteiger partial charge in [-0.15, -0.1) is 0 Å². The van der Waals surface area contributed by atoms with Crippen LogP contribution in [0.3, 0.4) is 0 Å². The quantitative estimate of drug-likeness (QED) is 0.361. The highest BCUT2D eigenvalue weighted by Crippen LogP contribution is 2.55. The number of hydrogen-bond donors (Lipinski definition) is 2. The first kappa shape index (κ1) is 24.1. The minimum atomic E-state index is -0.889. The lowest BCUT2D eigenvalue weighted by atomic mass is 9.53. The Morgan fingerprint density at radius 3 is 2.35 bits per heavy atom. The minimum absolute atomic E-state index is 0.192. The Morgan fingerprint density at radius 2 is 1.79 bits per heavy atom. The number of aryl methyl sites for hydroxylation is 1. The number of nitrogens with one attached hydrogen (secondary N) is 2. The number of carbonyl (C=O) groups excluding carboxylic acids is 3. The molecule has 0 saturated heterocycles. The van der Waals surface area contributed by atoms with Gasteiger partial charge in [0.1, 0.15) is 11.6 Å². The molecule has 2 N–H and O–H groups in total. The summed E-state index contributed by atoms with van der Waals surface area (Å²) >= 11 is 0. The van der Waals surface area contributed by atoms with Crippen molar-refractivity contribution >= 4 is 24.0 Å². The van der Waals surface area contributed by atoms with Gasteiger partial charge in [0.05, 0.1) is 0 Å². The van der Waals surface area contributed by atoms with Crippen molar-refractivity contribution in [1.82, 2.24) is 15.2 Å². The Balaban J connectivity index is 1.30. The molecule has 8 heteroatoms. The predicted molar refractivity (Wildman–Crippen MR) is 126 cm³/mol. The molecule has 34 heavy (non-hydrogen) atoms. The number of carbonyl (C=O) groups is 3. The summed E-state index contributed by atoms with van der Waals surface area (Å²) in [6, 6.07) is 3.23. The maximum Gasteiger partial charge on any atom is 0.349 e. The minimum Gasteiger partial charge on any atom is -0.451 e. The molecule has 0 aliphatic heterocycles. The van der Waals surface area contributed by atoms with Gasteiger partial charge in [-0.1, -0.05) is 6.92 Å². The smallest absolute Gasteiger partial charge is 0.349 e. The van der Waals surface area contributed by atoms with Crippen molar-refractivity contribution < 1.29 is 19.1 Å². The van der Waals surface area contributed by atoms with Crippen LogP contribution in [-0.2, 0) is 20.9 Å². The zero-order valence-corrected chi connectivity index (χ0v) is 20.3. The van der Waals surface area contributed by atoms with E-state index in [0.29, 0.717) is 17.8 Å². The number of hydrogen-bond acceptors (Lipinski definition) is 5. The van der Waals surface area contributed by atoms with E-state index < -0.39 is 24.5 Å². The molecule has 4 aliphatic carbocycles. The number of imide groups is 1. The van der Waals surface area contributed by atoms with Gasteiger partial charge in [0.2, 0.25) is 0 Å². The average molecular weight is 467 g/mol. The van der Waals surface area contributed by atoms with Crippen molar-refractivity contribution in [3.63, 3.8) is 0 Å². The zero-order valence-electron chi connectivity index (χ0n) is 20.3. The van der Waals surface area contributed by atoms with Gasteiger partial charge in [0.25, 0.3) is 5.91 Å². The lowest BCUT2D eigenvalue weighted by Gasteiger charge is -2.56. The fourth-order valence-electron chi connectivity index (χ4n) is 6.74. The van der Waals surface area contributed by atoms with Crippen LogP contribution in [0.15, 0.2) is 11.6 Å². The van der Waals surface area contributed by atoms with Crippen LogP contribution < -0.4 is 10.6 Å². The molecule has 8 nitrogen and oxygen atoms in total. The van der Waals surface area contributed by atoms with Gasteiger partial charge in [-0.2, -0.15) is 5.26 Å². The normalized spacial score (nSPS) is 27.2. The molecule has 4 bridgehead atoms. The summed E-state index contributed by atoms with van der Waals surface area (Å²) in [4.78, 5) is 37.1. The van der Waals surface area contributed by atoms with Crippen LogP contribution in [-0.4, -0.2) is 34.6 Å². The SMILES string of the molecule is CCCn1c(C)cc(/C=C(\C#N)C(=O)OCC(=O)NC(=O)NC23CC4CC(CC(C4)C2)C3)c1C. The molecule has 0 radical (unpaired) electrons. The van der Waals surface area contributed by atoms with E-state index in [9.17, 15) is 19.6 Å². The number of rotatable bonds is 7. The van der Waals surface area contributed by atoms with Gasteiger partial charge in [0, 0.05) is 23.5 Å². The van der Waals surface area contributed by atoms with E-state index in [2.05, 4.69) is 22.1 Å².